The van der Waals surface area contributed by atoms with E-state index < -0.39 is 5.97 Å². The van der Waals surface area contributed by atoms with E-state index in [0.29, 0.717) is 19.4 Å². The average Bonchev–Trinajstić information content (AvgIpc) is 2.13. The Hall–Kier alpha value is -1.57. The molecule has 0 atom stereocenters. The highest BCUT2D eigenvalue weighted by atomic mass is 16.4. The first-order chi connectivity index (χ1) is 6.57. The second-order valence-electron chi connectivity index (χ2n) is 2.97. The van der Waals surface area contributed by atoms with Gasteiger partial charge in [-0.1, -0.05) is 0 Å². The fourth-order valence-electron chi connectivity index (χ4n) is 0.924. The molecular formula is C9H14N2O3. The van der Waals surface area contributed by atoms with Crippen LogP contribution in [-0.2, 0) is 9.59 Å². The van der Waals surface area contributed by atoms with Crippen molar-refractivity contribution in [3.63, 3.8) is 0 Å². The molecule has 0 spiro atoms. The van der Waals surface area contributed by atoms with Gasteiger partial charge in [0.2, 0.25) is 5.91 Å². The van der Waals surface area contributed by atoms with E-state index in [2.05, 4.69) is 0 Å². The Morgan fingerprint density at radius 1 is 1.43 bits per heavy atom. The Bertz CT molecular complexity index is 245. The number of carbonyl (C=O) groups is 2. The van der Waals surface area contributed by atoms with Gasteiger partial charge in [-0.15, -0.1) is 0 Å². The average molecular weight is 198 g/mol. The van der Waals surface area contributed by atoms with Crippen LogP contribution in [0, 0.1) is 11.3 Å². The highest BCUT2D eigenvalue weighted by Crippen LogP contribution is 1.99. The van der Waals surface area contributed by atoms with Crippen molar-refractivity contribution >= 4 is 11.9 Å². The number of rotatable bonds is 6. The van der Waals surface area contributed by atoms with Crippen LogP contribution in [0.4, 0.5) is 0 Å². The van der Waals surface area contributed by atoms with E-state index in [4.69, 9.17) is 10.4 Å². The Morgan fingerprint density at radius 2 is 2.07 bits per heavy atom. The summed E-state index contributed by atoms with van der Waals surface area (Å²) in [5, 5.41) is 16.6. The van der Waals surface area contributed by atoms with Crippen molar-refractivity contribution in [1.82, 2.24) is 4.90 Å². The third-order valence-corrected chi connectivity index (χ3v) is 1.77. The lowest BCUT2D eigenvalue weighted by Gasteiger charge is -2.14. The summed E-state index contributed by atoms with van der Waals surface area (Å²) >= 11 is 0. The van der Waals surface area contributed by atoms with E-state index in [0.717, 1.165) is 0 Å². The summed E-state index contributed by atoms with van der Waals surface area (Å²) in [4.78, 5) is 22.9. The van der Waals surface area contributed by atoms with Gasteiger partial charge in [0.15, 0.2) is 0 Å². The summed E-state index contributed by atoms with van der Waals surface area (Å²) in [5.74, 6) is -1.00. The molecule has 1 N–H and O–H groups in total. The molecule has 0 bridgehead atoms. The maximum absolute atomic E-state index is 11.3. The number of nitrogens with zero attached hydrogens (tertiary/aromatic N) is 2. The number of carboxylic acids is 1. The Balaban J connectivity index is 3.63. The lowest BCUT2D eigenvalue weighted by atomic mass is 10.2. The molecule has 0 aromatic rings. The minimum Gasteiger partial charge on any atom is -0.481 e. The van der Waals surface area contributed by atoms with Crippen LogP contribution in [0.15, 0.2) is 0 Å². The number of nitriles is 1. The maximum Gasteiger partial charge on any atom is 0.303 e. The standard InChI is InChI=1S/C9H14N2O3/c1-11(7-3-6-10)8(12)4-2-5-9(13)14/h2-5,7H2,1H3,(H,13,14). The van der Waals surface area contributed by atoms with Gasteiger partial charge in [0.25, 0.3) is 0 Å². The SMILES string of the molecule is CN(CCC#N)C(=O)CCCC(=O)O. The Labute approximate surface area is 82.9 Å². The molecule has 0 aliphatic heterocycles. The fraction of sp³-hybridized carbons (Fsp3) is 0.667. The van der Waals surface area contributed by atoms with Crippen molar-refractivity contribution in [1.29, 1.82) is 5.26 Å². The van der Waals surface area contributed by atoms with Crippen LogP contribution in [-0.4, -0.2) is 35.5 Å². The van der Waals surface area contributed by atoms with Gasteiger partial charge in [-0.05, 0) is 6.42 Å². The monoisotopic (exact) mass is 198 g/mol. The van der Waals surface area contributed by atoms with Crippen LogP contribution in [0.3, 0.4) is 0 Å². The third kappa shape index (κ3) is 6.00. The summed E-state index contributed by atoms with van der Waals surface area (Å²) in [6, 6.07) is 1.94. The van der Waals surface area contributed by atoms with Gasteiger partial charge >= 0.3 is 5.97 Å². The van der Waals surface area contributed by atoms with E-state index in [-0.39, 0.29) is 18.7 Å². The van der Waals surface area contributed by atoms with Gasteiger partial charge in [-0.3, -0.25) is 9.59 Å². The van der Waals surface area contributed by atoms with Crippen LogP contribution < -0.4 is 0 Å². The predicted molar refractivity (Wildman–Crippen MR) is 49.4 cm³/mol. The molecule has 0 radical (unpaired) electrons. The van der Waals surface area contributed by atoms with Gasteiger partial charge in [-0.25, -0.2) is 0 Å². The zero-order valence-corrected chi connectivity index (χ0v) is 8.19. The minimum absolute atomic E-state index is 0.0117. The van der Waals surface area contributed by atoms with Crippen LogP contribution in [0.1, 0.15) is 25.7 Å². The number of hydrogen-bond acceptors (Lipinski definition) is 3. The van der Waals surface area contributed by atoms with E-state index in [9.17, 15) is 9.59 Å². The summed E-state index contributed by atoms with van der Waals surface area (Å²) in [6.07, 6.45) is 0.901. The van der Waals surface area contributed by atoms with Gasteiger partial charge in [0.1, 0.15) is 0 Å². The number of aliphatic carboxylic acids is 1. The molecule has 0 aliphatic rings. The number of carbonyl (C=O) groups excluding carboxylic acids is 1. The van der Waals surface area contributed by atoms with Crippen LogP contribution in [0.2, 0.25) is 0 Å². The van der Waals surface area contributed by atoms with Crippen LogP contribution in [0.5, 0.6) is 0 Å². The number of carboxylic acid groups (broad SMARTS) is 1. The molecule has 78 valence electrons. The van der Waals surface area contributed by atoms with Crippen molar-refractivity contribution in [3.05, 3.63) is 0 Å². The second kappa shape index (κ2) is 6.89. The van der Waals surface area contributed by atoms with Crippen molar-refractivity contribution < 1.29 is 14.7 Å². The lowest BCUT2D eigenvalue weighted by Crippen LogP contribution is -2.27. The maximum atomic E-state index is 11.3. The summed E-state index contributed by atoms with van der Waals surface area (Å²) in [5.41, 5.74) is 0. The zero-order valence-electron chi connectivity index (χ0n) is 8.19. The van der Waals surface area contributed by atoms with Crippen LogP contribution in [0.25, 0.3) is 0 Å². The van der Waals surface area contributed by atoms with Crippen molar-refractivity contribution in [2.75, 3.05) is 13.6 Å². The molecule has 0 unspecified atom stereocenters. The van der Waals surface area contributed by atoms with Gasteiger partial charge in [-0.2, -0.15) is 5.26 Å². The number of hydrogen-bond donors (Lipinski definition) is 1. The van der Waals surface area contributed by atoms with Crippen molar-refractivity contribution in [2.45, 2.75) is 25.7 Å². The van der Waals surface area contributed by atoms with Crippen molar-refractivity contribution in [3.8, 4) is 6.07 Å². The molecule has 0 heterocycles. The first kappa shape index (κ1) is 12.4. The molecule has 14 heavy (non-hydrogen) atoms. The lowest BCUT2D eigenvalue weighted by molar-refractivity contribution is -0.137. The predicted octanol–water partition coefficient (Wildman–Crippen LogP) is 0.613. The van der Waals surface area contributed by atoms with E-state index in [1.807, 2.05) is 6.07 Å². The van der Waals surface area contributed by atoms with Gasteiger partial charge in [0.05, 0.1) is 12.5 Å². The Kier molecular flexibility index (Phi) is 6.12. The first-order valence-corrected chi connectivity index (χ1v) is 4.40. The summed E-state index contributed by atoms with van der Waals surface area (Å²) in [7, 11) is 1.61. The molecule has 0 aromatic carbocycles. The largest absolute Gasteiger partial charge is 0.481 e. The van der Waals surface area contributed by atoms with Crippen molar-refractivity contribution in [2.24, 2.45) is 0 Å². The van der Waals surface area contributed by atoms with Gasteiger partial charge < -0.3 is 10.0 Å². The molecule has 0 aliphatic carbocycles. The topological polar surface area (TPSA) is 81.4 Å². The van der Waals surface area contributed by atoms with E-state index in [1.165, 1.54) is 4.90 Å². The molecule has 0 fully saturated rings. The molecule has 0 rings (SSSR count). The number of amides is 1. The quantitative estimate of drug-likeness (QED) is 0.678. The second-order valence-corrected chi connectivity index (χ2v) is 2.97. The van der Waals surface area contributed by atoms with E-state index in [1.54, 1.807) is 7.05 Å². The molecule has 5 nitrogen and oxygen atoms in total. The summed E-state index contributed by atoms with van der Waals surface area (Å²) < 4.78 is 0. The third-order valence-electron chi connectivity index (χ3n) is 1.77. The van der Waals surface area contributed by atoms with Crippen LogP contribution >= 0.6 is 0 Å². The fourth-order valence-corrected chi connectivity index (χ4v) is 0.924. The highest BCUT2D eigenvalue weighted by molar-refractivity contribution is 5.76. The molecule has 0 saturated carbocycles. The summed E-state index contributed by atoms with van der Waals surface area (Å²) in [6.45, 7) is 0.405. The molecule has 1 amide bonds. The molecule has 0 saturated heterocycles. The normalized spacial score (nSPS) is 9.14. The van der Waals surface area contributed by atoms with Gasteiger partial charge in [0, 0.05) is 26.4 Å². The first-order valence-electron chi connectivity index (χ1n) is 4.40. The zero-order chi connectivity index (χ0) is 11.0. The highest BCUT2D eigenvalue weighted by Gasteiger charge is 2.08. The Morgan fingerprint density at radius 3 is 2.57 bits per heavy atom. The smallest absolute Gasteiger partial charge is 0.303 e. The molecular weight excluding hydrogens is 184 g/mol. The minimum atomic E-state index is -0.891. The molecule has 5 heteroatoms. The van der Waals surface area contributed by atoms with E-state index >= 15 is 0 Å². The molecule has 0 aromatic heterocycles.